The summed E-state index contributed by atoms with van der Waals surface area (Å²) in [4.78, 5) is 2.69. The first kappa shape index (κ1) is 12.0. The van der Waals surface area contributed by atoms with E-state index in [1.807, 2.05) is 0 Å². The van der Waals surface area contributed by atoms with Crippen molar-refractivity contribution < 1.29 is 0 Å². The number of halogens is 1. The van der Waals surface area contributed by atoms with Crippen LogP contribution in [0.2, 0.25) is 0 Å². The smallest absolute Gasteiger partial charge is 0.0494 e. The fourth-order valence-electron chi connectivity index (χ4n) is 3.90. The van der Waals surface area contributed by atoms with E-state index in [4.69, 9.17) is 0 Å². The highest BCUT2D eigenvalue weighted by atomic mass is 79.9. The van der Waals surface area contributed by atoms with Crippen LogP contribution in [0.1, 0.15) is 31.7 Å². The molecular weight excluding hydrogens is 300 g/mol. The molecule has 1 aromatic carbocycles. The van der Waals surface area contributed by atoms with E-state index in [0.29, 0.717) is 6.04 Å². The van der Waals surface area contributed by atoms with Gasteiger partial charge in [-0.05, 0) is 55.8 Å². The van der Waals surface area contributed by atoms with Gasteiger partial charge in [0.2, 0.25) is 0 Å². The minimum absolute atomic E-state index is 0.686. The third-order valence-electron chi connectivity index (χ3n) is 4.87. The Morgan fingerprint density at radius 2 is 2.00 bits per heavy atom. The molecule has 2 aliphatic heterocycles. The lowest BCUT2D eigenvalue weighted by Crippen LogP contribution is -2.38. The largest absolute Gasteiger partial charge is 0.344 e. The molecule has 3 heterocycles. The van der Waals surface area contributed by atoms with Gasteiger partial charge in [0.15, 0.2) is 0 Å². The first-order chi connectivity index (χ1) is 9.31. The van der Waals surface area contributed by atoms with Crippen LogP contribution in [0.4, 0.5) is 0 Å². The molecule has 2 saturated heterocycles. The zero-order chi connectivity index (χ0) is 12.8. The molecule has 0 radical (unpaired) electrons. The number of benzene rings is 1. The third-order valence-corrected chi connectivity index (χ3v) is 5.36. The summed E-state index contributed by atoms with van der Waals surface area (Å²) < 4.78 is 3.69. The van der Waals surface area contributed by atoms with Crippen molar-refractivity contribution in [2.75, 3.05) is 13.1 Å². The normalized spacial score (nSPS) is 27.8. The van der Waals surface area contributed by atoms with E-state index in [1.54, 1.807) is 0 Å². The van der Waals surface area contributed by atoms with Crippen LogP contribution in [0, 0.1) is 0 Å². The van der Waals surface area contributed by atoms with E-state index >= 15 is 0 Å². The predicted molar refractivity (Wildman–Crippen MR) is 82.5 cm³/mol. The molecular formula is C16H19BrN2. The van der Waals surface area contributed by atoms with Crippen molar-refractivity contribution in [3.05, 3.63) is 34.9 Å². The van der Waals surface area contributed by atoms with Crippen molar-refractivity contribution in [2.24, 2.45) is 0 Å². The molecule has 0 aliphatic carbocycles. The Hall–Kier alpha value is -0.800. The van der Waals surface area contributed by atoms with Gasteiger partial charge in [0, 0.05) is 34.8 Å². The maximum Gasteiger partial charge on any atom is 0.0494 e. The van der Waals surface area contributed by atoms with Crippen molar-refractivity contribution in [1.82, 2.24) is 9.47 Å². The van der Waals surface area contributed by atoms with Crippen LogP contribution in [-0.4, -0.2) is 28.6 Å². The number of nitrogens with zero attached hydrogens (tertiary/aromatic N) is 2. The molecule has 0 spiro atoms. The van der Waals surface area contributed by atoms with Crippen molar-refractivity contribution in [2.45, 2.75) is 37.8 Å². The molecule has 0 bridgehead atoms. The minimum atomic E-state index is 0.686. The molecule has 19 heavy (non-hydrogen) atoms. The topological polar surface area (TPSA) is 8.17 Å². The standard InChI is InChI=1S/C16H19BrN2/c17-13-4-3-12-5-9-19(16(12)10-13)15-6-8-18-7-1-2-14(18)11-15/h3-5,9-10,14-15H,1-2,6-8,11H2. The Bertz CT molecular complexity index is 604. The number of rotatable bonds is 1. The second-order valence-corrected chi connectivity index (χ2v) is 6.85. The average Bonchev–Trinajstić information content (AvgIpc) is 3.03. The van der Waals surface area contributed by atoms with Crippen LogP contribution in [0.5, 0.6) is 0 Å². The second-order valence-electron chi connectivity index (χ2n) is 5.94. The molecule has 0 N–H and O–H groups in total. The highest BCUT2D eigenvalue weighted by Crippen LogP contribution is 2.35. The minimum Gasteiger partial charge on any atom is -0.344 e. The number of hydrogen-bond donors (Lipinski definition) is 0. The van der Waals surface area contributed by atoms with Crippen LogP contribution < -0.4 is 0 Å². The van der Waals surface area contributed by atoms with Gasteiger partial charge in [-0.3, -0.25) is 0 Å². The monoisotopic (exact) mass is 318 g/mol. The first-order valence-corrected chi connectivity index (χ1v) is 8.11. The van der Waals surface area contributed by atoms with E-state index < -0.39 is 0 Å². The Morgan fingerprint density at radius 3 is 2.95 bits per heavy atom. The fourth-order valence-corrected chi connectivity index (χ4v) is 4.25. The van der Waals surface area contributed by atoms with Gasteiger partial charge < -0.3 is 9.47 Å². The second kappa shape index (κ2) is 4.64. The van der Waals surface area contributed by atoms with Gasteiger partial charge >= 0.3 is 0 Å². The molecule has 2 fully saturated rings. The summed E-state index contributed by atoms with van der Waals surface area (Å²) in [5.74, 6) is 0. The maximum atomic E-state index is 3.60. The zero-order valence-electron chi connectivity index (χ0n) is 11.1. The Kier molecular flexibility index (Phi) is 2.92. The quantitative estimate of drug-likeness (QED) is 0.765. The molecule has 0 saturated carbocycles. The van der Waals surface area contributed by atoms with E-state index in [-0.39, 0.29) is 0 Å². The Morgan fingerprint density at radius 1 is 1.05 bits per heavy atom. The first-order valence-electron chi connectivity index (χ1n) is 7.31. The fraction of sp³-hybridized carbons (Fsp3) is 0.500. The Balaban J connectivity index is 1.68. The van der Waals surface area contributed by atoms with Crippen LogP contribution in [0.15, 0.2) is 34.9 Å². The molecule has 2 aromatic rings. The average molecular weight is 319 g/mol. The van der Waals surface area contributed by atoms with Gasteiger partial charge in [0.05, 0.1) is 0 Å². The van der Waals surface area contributed by atoms with Gasteiger partial charge in [-0.15, -0.1) is 0 Å². The highest BCUT2D eigenvalue weighted by molar-refractivity contribution is 9.10. The summed E-state index contributed by atoms with van der Waals surface area (Å²) in [5, 5.41) is 1.36. The van der Waals surface area contributed by atoms with Crippen LogP contribution in [0.25, 0.3) is 10.9 Å². The van der Waals surface area contributed by atoms with E-state index in [9.17, 15) is 0 Å². The van der Waals surface area contributed by atoms with E-state index in [0.717, 1.165) is 6.04 Å². The lowest BCUT2D eigenvalue weighted by atomic mass is 9.97. The van der Waals surface area contributed by atoms with Crippen LogP contribution in [-0.2, 0) is 0 Å². The number of hydrogen-bond acceptors (Lipinski definition) is 1. The molecule has 2 aliphatic rings. The Labute approximate surface area is 122 Å². The summed E-state index contributed by atoms with van der Waals surface area (Å²) >= 11 is 3.60. The maximum absolute atomic E-state index is 3.60. The van der Waals surface area contributed by atoms with Gasteiger partial charge in [0.25, 0.3) is 0 Å². The van der Waals surface area contributed by atoms with Crippen LogP contribution >= 0.6 is 15.9 Å². The SMILES string of the molecule is Brc1ccc2ccn(C3CCN4CCCC4C3)c2c1. The molecule has 4 rings (SSSR count). The predicted octanol–water partition coefficient (Wildman–Crippen LogP) is 4.20. The van der Waals surface area contributed by atoms with Crippen LogP contribution in [0.3, 0.4) is 0 Å². The number of fused-ring (bicyclic) bond motifs is 2. The summed E-state index contributed by atoms with van der Waals surface area (Å²) in [6.45, 7) is 2.61. The third kappa shape index (κ3) is 2.03. The van der Waals surface area contributed by atoms with Gasteiger partial charge in [-0.1, -0.05) is 22.0 Å². The van der Waals surface area contributed by atoms with Gasteiger partial charge in [0.1, 0.15) is 0 Å². The van der Waals surface area contributed by atoms with Crippen molar-refractivity contribution in [3.8, 4) is 0 Å². The van der Waals surface area contributed by atoms with Crippen molar-refractivity contribution in [1.29, 1.82) is 0 Å². The molecule has 0 amide bonds. The van der Waals surface area contributed by atoms with Gasteiger partial charge in [-0.25, -0.2) is 0 Å². The lowest BCUT2D eigenvalue weighted by molar-refractivity contribution is 0.157. The molecule has 2 unspecified atom stereocenters. The van der Waals surface area contributed by atoms with E-state index in [2.05, 4.69) is 55.9 Å². The summed E-state index contributed by atoms with van der Waals surface area (Å²) in [5.41, 5.74) is 1.38. The van der Waals surface area contributed by atoms with Crippen molar-refractivity contribution >= 4 is 26.8 Å². The van der Waals surface area contributed by atoms with Crippen molar-refractivity contribution in [3.63, 3.8) is 0 Å². The highest BCUT2D eigenvalue weighted by Gasteiger charge is 2.32. The molecule has 2 atom stereocenters. The molecule has 2 nitrogen and oxygen atoms in total. The number of piperidine rings is 1. The number of aromatic nitrogens is 1. The molecule has 100 valence electrons. The summed E-state index contributed by atoms with van der Waals surface area (Å²) in [7, 11) is 0. The van der Waals surface area contributed by atoms with Gasteiger partial charge in [-0.2, -0.15) is 0 Å². The molecule has 3 heteroatoms. The lowest BCUT2D eigenvalue weighted by Gasteiger charge is -2.35. The zero-order valence-corrected chi connectivity index (χ0v) is 12.6. The van der Waals surface area contributed by atoms with E-state index in [1.165, 1.54) is 54.1 Å². The summed E-state index contributed by atoms with van der Waals surface area (Å²) in [6, 6.07) is 10.4. The molecule has 1 aromatic heterocycles. The summed E-state index contributed by atoms with van der Waals surface area (Å²) in [6.07, 6.45) is 7.71.